The summed E-state index contributed by atoms with van der Waals surface area (Å²) < 4.78 is 5.08. The number of hydrogen-bond acceptors (Lipinski definition) is 2. The second-order valence-corrected chi connectivity index (χ2v) is 2.50. The van der Waals surface area contributed by atoms with E-state index < -0.39 is 0 Å². The molecule has 2 nitrogen and oxygen atoms in total. The molecule has 0 radical (unpaired) electrons. The number of carbonyl (C=O) groups is 1. The van der Waals surface area contributed by atoms with Gasteiger partial charge in [0, 0.05) is 13.0 Å². The highest BCUT2D eigenvalue weighted by molar-refractivity contribution is 5.55. The van der Waals surface area contributed by atoms with Gasteiger partial charge in [0.1, 0.15) is 6.29 Å². The Bertz CT molecular complexity index is 101. The quantitative estimate of drug-likeness (QED) is 0.518. The molecule has 9 heavy (non-hydrogen) atoms. The molecular formula is C7H12O2. The number of hydrogen-bond donors (Lipinski definition) is 0. The van der Waals surface area contributed by atoms with E-state index in [1.807, 2.05) is 0 Å². The highest BCUT2D eigenvalue weighted by Gasteiger charge is 2.25. The van der Waals surface area contributed by atoms with Gasteiger partial charge in [0.15, 0.2) is 0 Å². The molecule has 0 spiro atoms. The lowest BCUT2D eigenvalue weighted by Crippen LogP contribution is -2.16. The van der Waals surface area contributed by atoms with Gasteiger partial charge in [-0.15, -0.1) is 0 Å². The SMILES string of the molecule is CO[C@H]1CCC[C@@H]1C=O. The van der Waals surface area contributed by atoms with Crippen LogP contribution in [-0.4, -0.2) is 19.5 Å². The van der Waals surface area contributed by atoms with Crippen LogP contribution in [0.2, 0.25) is 0 Å². The third kappa shape index (κ3) is 1.30. The molecule has 0 saturated heterocycles. The molecule has 0 N–H and O–H groups in total. The topological polar surface area (TPSA) is 26.3 Å². The smallest absolute Gasteiger partial charge is 0.125 e. The van der Waals surface area contributed by atoms with E-state index >= 15 is 0 Å². The van der Waals surface area contributed by atoms with Crippen molar-refractivity contribution >= 4 is 6.29 Å². The van der Waals surface area contributed by atoms with Crippen LogP contribution >= 0.6 is 0 Å². The summed E-state index contributed by atoms with van der Waals surface area (Å²) in [4.78, 5) is 10.3. The molecule has 0 aliphatic heterocycles. The maximum absolute atomic E-state index is 10.3. The second kappa shape index (κ2) is 2.97. The Morgan fingerprint density at radius 1 is 1.56 bits per heavy atom. The molecule has 0 amide bonds. The number of methoxy groups -OCH3 is 1. The van der Waals surface area contributed by atoms with Gasteiger partial charge in [0.25, 0.3) is 0 Å². The summed E-state index contributed by atoms with van der Waals surface area (Å²) in [5.74, 6) is 0.176. The standard InChI is InChI=1S/C7H12O2/c1-9-7-4-2-3-6(7)5-8/h5-7H,2-4H2,1H3/t6-,7+/m1/s1. The Kier molecular flexibility index (Phi) is 2.22. The van der Waals surface area contributed by atoms with Gasteiger partial charge < -0.3 is 9.53 Å². The summed E-state index contributed by atoms with van der Waals surface area (Å²) in [5.41, 5.74) is 0. The Morgan fingerprint density at radius 3 is 2.78 bits per heavy atom. The number of rotatable bonds is 2. The van der Waals surface area contributed by atoms with Crippen molar-refractivity contribution in [3.8, 4) is 0 Å². The summed E-state index contributed by atoms with van der Waals surface area (Å²) in [6.45, 7) is 0. The van der Waals surface area contributed by atoms with Crippen molar-refractivity contribution < 1.29 is 9.53 Å². The molecule has 0 aromatic carbocycles. The zero-order valence-electron chi connectivity index (χ0n) is 5.67. The minimum absolute atomic E-state index is 0.176. The fourth-order valence-electron chi connectivity index (χ4n) is 1.40. The minimum atomic E-state index is 0.176. The van der Waals surface area contributed by atoms with Crippen molar-refractivity contribution in [2.24, 2.45) is 5.92 Å². The third-order valence-corrected chi connectivity index (χ3v) is 1.98. The molecule has 1 rings (SSSR count). The van der Waals surface area contributed by atoms with Gasteiger partial charge in [0.2, 0.25) is 0 Å². The Hall–Kier alpha value is -0.370. The van der Waals surface area contributed by atoms with E-state index in [9.17, 15) is 4.79 Å². The van der Waals surface area contributed by atoms with E-state index in [0.29, 0.717) is 0 Å². The van der Waals surface area contributed by atoms with Gasteiger partial charge in [-0.1, -0.05) is 6.42 Å². The van der Waals surface area contributed by atoms with Gasteiger partial charge in [0.05, 0.1) is 6.10 Å². The fraction of sp³-hybridized carbons (Fsp3) is 0.857. The zero-order valence-corrected chi connectivity index (χ0v) is 5.67. The van der Waals surface area contributed by atoms with Crippen molar-refractivity contribution in [3.63, 3.8) is 0 Å². The number of ether oxygens (including phenoxy) is 1. The number of carbonyl (C=O) groups excluding carboxylic acids is 1. The van der Waals surface area contributed by atoms with Crippen molar-refractivity contribution in [3.05, 3.63) is 0 Å². The van der Waals surface area contributed by atoms with Gasteiger partial charge in [-0.05, 0) is 12.8 Å². The Labute approximate surface area is 55.2 Å². The van der Waals surface area contributed by atoms with E-state index in [-0.39, 0.29) is 12.0 Å². The first-order chi connectivity index (χ1) is 4.38. The molecule has 2 heteroatoms. The van der Waals surface area contributed by atoms with Crippen molar-refractivity contribution in [1.29, 1.82) is 0 Å². The van der Waals surface area contributed by atoms with E-state index in [4.69, 9.17) is 4.74 Å². The predicted octanol–water partition coefficient (Wildman–Crippen LogP) is 1.00. The lowest BCUT2D eigenvalue weighted by Gasteiger charge is -2.10. The average Bonchev–Trinajstić information content (AvgIpc) is 2.33. The molecule has 0 heterocycles. The maximum atomic E-state index is 10.3. The van der Waals surface area contributed by atoms with Crippen LogP contribution in [0.4, 0.5) is 0 Å². The molecular weight excluding hydrogens is 116 g/mol. The van der Waals surface area contributed by atoms with E-state index in [1.54, 1.807) is 7.11 Å². The van der Waals surface area contributed by atoms with E-state index in [1.165, 1.54) is 0 Å². The highest BCUT2D eigenvalue weighted by Crippen LogP contribution is 2.25. The number of aldehydes is 1. The molecule has 0 unspecified atom stereocenters. The molecule has 1 aliphatic carbocycles. The van der Waals surface area contributed by atoms with E-state index in [2.05, 4.69) is 0 Å². The predicted molar refractivity (Wildman–Crippen MR) is 34.2 cm³/mol. The molecule has 0 aromatic heterocycles. The van der Waals surface area contributed by atoms with Crippen LogP contribution in [0.1, 0.15) is 19.3 Å². The summed E-state index contributed by atoms with van der Waals surface area (Å²) in [6.07, 6.45) is 4.44. The average molecular weight is 128 g/mol. The van der Waals surface area contributed by atoms with Crippen LogP contribution in [-0.2, 0) is 9.53 Å². The monoisotopic (exact) mass is 128 g/mol. The van der Waals surface area contributed by atoms with Crippen LogP contribution < -0.4 is 0 Å². The lowest BCUT2D eigenvalue weighted by molar-refractivity contribution is -0.113. The van der Waals surface area contributed by atoms with Gasteiger partial charge in [-0.25, -0.2) is 0 Å². The van der Waals surface area contributed by atoms with Crippen molar-refractivity contribution in [2.75, 3.05) is 7.11 Å². The third-order valence-electron chi connectivity index (χ3n) is 1.98. The van der Waals surface area contributed by atoms with Crippen LogP contribution in [0, 0.1) is 5.92 Å². The van der Waals surface area contributed by atoms with Gasteiger partial charge in [-0.2, -0.15) is 0 Å². The first-order valence-corrected chi connectivity index (χ1v) is 3.36. The van der Waals surface area contributed by atoms with Gasteiger partial charge in [-0.3, -0.25) is 0 Å². The summed E-state index contributed by atoms with van der Waals surface area (Å²) >= 11 is 0. The highest BCUT2D eigenvalue weighted by atomic mass is 16.5. The maximum Gasteiger partial charge on any atom is 0.125 e. The first kappa shape index (κ1) is 6.75. The molecule has 2 atom stereocenters. The second-order valence-electron chi connectivity index (χ2n) is 2.50. The van der Waals surface area contributed by atoms with Crippen LogP contribution in [0.25, 0.3) is 0 Å². The minimum Gasteiger partial charge on any atom is -0.381 e. The van der Waals surface area contributed by atoms with Crippen molar-refractivity contribution in [1.82, 2.24) is 0 Å². The van der Waals surface area contributed by atoms with Crippen molar-refractivity contribution in [2.45, 2.75) is 25.4 Å². The van der Waals surface area contributed by atoms with Crippen LogP contribution in [0.5, 0.6) is 0 Å². The largest absolute Gasteiger partial charge is 0.381 e. The molecule has 1 saturated carbocycles. The lowest BCUT2D eigenvalue weighted by atomic mass is 10.1. The van der Waals surface area contributed by atoms with Gasteiger partial charge >= 0.3 is 0 Å². The Balaban J connectivity index is 2.41. The molecule has 0 aromatic rings. The molecule has 1 aliphatic rings. The van der Waals surface area contributed by atoms with Crippen LogP contribution in [0.15, 0.2) is 0 Å². The van der Waals surface area contributed by atoms with E-state index in [0.717, 1.165) is 25.5 Å². The molecule has 0 bridgehead atoms. The summed E-state index contributed by atoms with van der Waals surface area (Å²) in [7, 11) is 1.67. The summed E-state index contributed by atoms with van der Waals surface area (Å²) in [6, 6.07) is 0. The Morgan fingerprint density at radius 2 is 2.33 bits per heavy atom. The summed E-state index contributed by atoms with van der Waals surface area (Å²) in [5, 5.41) is 0. The fourth-order valence-corrected chi connectivity index (χ4v) is 1.40. The molecule has 52 valence electrons. The first-order valence-electron chi connectivity index (χ1n) is 3.36. The van der Waals surface area contributed by atoms with Crippen LogP contribution in [0.3, 0.4) is 0 Å². The molecule has 1 fully saturated rings. The zero-order chi connectivity index (χ0) is 6.69. The normalized spacial score (nSPS) is 34.8.